The summed E-state index contributed by atoms with van der Waals surface area (Å²) in [7, 11) is 2.97. The lowest BCUT2D eigenvalue weighted by Crippen LogP contribution is -2.18. The molecule has 21 heavy (non-hydrogen) atoms. The molecule has 0 radical (unpaired) electrons. The van der Waals surface area contributed by atoms with E-state index in [2.05, 4.69) is 16.7 Å². The van der Waals surface area contributed by atoms with Crippen LogP contribution in [0.15, 0.2) is 35.2 Å². The van der Waals surface area contributed by atoms with E-state index in [1.54, 1.807) is 0 Å². The first-order chi connectivity index (χ1) is 9.66. The summed E-state index contributed by atoms with van der Waals surface area (Å²) in [4.78, 5) is 8.37. The van der Waals surface area contributed by atoms with Gasteiger partial charge in [-0.3, -0.25) is 4.99 Å². The molecule has 0 amide bonds. The standard InChI is InChI=1S/C14H15F4N3/c1-9(15)7-10(8-19-2)11-5-6-12(21(3)4)13(20-11)14(16,17)18/h5-8H,2H2,1,3-4H3/b9-7+,10-8+. The minimum Gasteiger partial charge on any atom is -0.376 e. The fourth-order valence-electron chi connectivity index (χ4n) is 1.67. The normalized spacial score (nSPS) is 13.3. The molecule has 1 heterocycles. The van der Waals surface area contributed by atoms with Crippen LogP contribution in [0.25, 0.3) is 5.57 Å². The Morgan fingerprint density at radius 3 is 2.38 bits per heavy atom. The smallest absolute Gasteiger partial charge is 0.376 e. The van der Waals surface area contributed by atoms with Gasteiger partial charge in [0, 0.05) is 25.9 Å². The fourth-order valence-corrected chi connectivity index (χ4v) is 1.67. The van der Waals surface area contributed by atoms with E-state index in [0.717, 1.165) is 12.3 Å². The molecule has 0 unspecified atom stereocenters. The second-order valence-corrected chi connectivity index (χ2v) is 4.45. The number of pyridine rings is 1. The fraction of sp³-hybridized carbons (Fsp3) is 0.286. The first-order valence-electron chi connectivity index (χ1n) is 5.92. The van der Waals surface area contributed by atoms with Crippen LogP contribution in [0.2, 0.25) is 0 Å². The summed E-state index contributed by atoms with van der Waals surface area (Å²) in [6, 6.07) is 2.66. The topological polar surface area (TPSA) is 28.5 Å². The van der Waals surface area contributed by atoms with Crippen LogP contribution in [0.1, 0.15) is 18.3 Å². The van der Waals surface area contributed by atoms with Crippen LogP contribution in [-0.4, -0.2) is 25.8 Å². The minimum absolute atomic E-state index is 0.0303. The molecule has 1 rings (SSSR count). The van der Waals surface area contributed by atoms with Crippen LogP contribution in [-0.2, 0) is 6.18 Å². The molecule has 0 bridgehead atoms. The van der Waals surface area contributed by atoms with Crippen LogP contribution >= 0.6 is 0 Å². The van der Waals surface area contributed by atoms with E-state index in [9.17, 15) is 17.6 Å². The van der Waals surface area contributed by atoms with E-state index in [-0.39, 0.29) is 17.0 Å². The Labute approximate surface area is 120 Å². The van der Waals surface area contributed by atoms with Gasteiger partial charge in [-0.1, -0.05) is 0 Å². The molecular formula is C14H15F4N3. The Balaban J connectivity index is 3.50. The lowest BCUT2D eigenvalue weighted by Gasteiger charge is -2.19. The number of hydrogen-bond donors (Lipinski definition) is 0. The number of alkyl halides is 3. The molecule has 7 heteroatoms. The van der Waals surface area contributed by atoms with Gasteiger partial charge in [0.1, 0.15) is 0 Å². The van der Waals surface area contributed by atoms with Crippen molar-refractivity contribution in [2.45, 2.75) is 13.1 Å². The summed E-state index contributed by atoms with van der Waals surface area (Å²) in [6.45, 7) is 4.39. The van der Waals surface area contributed by atoms with E-state index in [0.29, 0.717) is 0 Å². The van der Waals surface area contributed by atoms with Crippen molar-refractivity contribution in [2.75, 3.05) is 19.0 Å². The van der Waals surface area contributed by atoms with Crippen molar-refractivity contribution in [3.63, 3.8) is 0 Å². The monoisotopic (exact) mass is 301 g/mol. The first kappa shape index (κ1) is 16.9. The second-order valence-electron chi connectivity index (χ2n) is 4.45. The van der Waals surface area contributed by atoms with Crippen molar-refractivity contribution in [2.24, 2.45) is 4.99 Å². The van der Waals surface area contributed by atoms with E-state index >= 15 is 0 Å². The van der Waals surface area contributed by atoms with E-state index in [4.69, 9.17) is 0 Å². The van der Waals surface area contributed by atoms with Crippen LogP contribution in [0.5, 0.6) is 0 Å². The Bertz CT molecular complexity index is 582. The first-order valence-corrected chi connectivity index (χ1v) is 5.92. The van der Waals surface area contributed by atoms with Gasteiger partial charge < -0.3 is 4.90 Å². The number of aromatic nitrogens is 1. The Kier molecular flexibility index (Phi) is 5.23. The number of anilines is 1. The third-order valence-electron chi connectivity index (χ3n) is 2.50. The van der Waals surface area contributed by atoms with Gasteiger partial charge in [-0.05, 0) is 31.9 Å². The average molecular weight is 301 g/mol. The molecule has 114 valence electrons. The average Bonchev–Trinajstić information content (AvgIpc) is 2.36. The zero-order valence-corrected chi connectivity index (χ0v) is 11.9. The summed E-state index contributed by atoms with van der Waals surface area (Å²) in [5, 5.41) is 0. The molecule has 0 atom stereocenters. The number of allylic oxidation sites excluding steroid dienone is 3. The highest BCUT2D eigenvalue weighted by Gasteiger charge is 2.36. The minimum atomic E-state index is -4.61. The quantitative estimate of drug-likeness (QED) is 0.476. The maximum Gasteiger partial charge on any atom is 0.435 e. The Hall–Kier alpha value is -2.18. The summed E-state index contributed by atoms with van der Waals surface area (Å²) in [6.07, 6.45) is -2.41. The summed E-state index contributed by atoms with van der Waals surface area (Å²) in [5.74, 6) is -0.572. The number of nitrogens with zero attached hydrogens (tertiary/aromatic N) is 3. The predicted octanol–water partition coefficient (Wildman–Crippen LogP) is 4.08. The van der Waals surface area contributed by atoms with Crippen molar-refractivity contribution in [1.82, 2.24) is 4.98 Å². The maximum atomic E-state index is 13.1. The molecule has 0 saturated carbocycles. The van der Waals surface area contributed by atoms with Gasteiger partial charge in [-0.2, -0.15) is 13.2 Å². The Morgan fingerprint density at radius 1 is 1.33 bits per heavy atom. The number of aliphatic imine (C=N–C) groups is 1. The molecule has 3 nitrogen and oxygen atoms in total. The highest BCUT2D eigenvalue weighted by molar-refractivity contribution is 5.73. The van der Waals surface area contributed by atoms with Gasteiger partial charge in [0.15, 0.2) is 5.69 Å². The van der Waals surface area contributed by atoms with Gasteiger partial charge in [0.2, 0.25) is 0 Å². The largest absolute Gasteiger partial charge is 0.435 e. The van der Waals surface area contributed by atoms with Gasteiger partial charge in [0.05, 0.1) is 17.2 Å². The predicted molar refractivity (Wildman–Crippen MR) is 76.0 cm³/mol. The SMILES string of the molecule is C=N/C=C(\C=C(/C)F)c1ccc(N(C)C)c(C(F)(F)F)n1. The van der Waals surface area contributed by atoms with Gasteiger partial charge in [0.25, 0.3) is 0 Å². The zero-order chi connectivity index (χ0) is 16.2. The molecule has 1 aromatic heterocycles. The van der Waals surface area contributed by atoms with Crippen molar-refractivity contribution in [3.05, 3.63) is 41.6 Å². The molecule has 0 saturated heterocycles. The van der Waals surface area contributed by atoms with Crippen LogP contribution in [0.4, 0.5) is 23.2 Å². The van der Waals surface area contributed by atoms with E-state index in [1.807, 2.05) is 0 Å². The second kappa shape index (κ2) is 6.51. The van der Waals surface area contributed by atoms with Crippen LogP contribution in [0.3, 0.4) is 0 Å². The summed E-state index contributed by atoms with van der Waals surface area (Å²) in [5.41, 5.74) is -1.03. The maximum absolute atomic E-state index is 13.1. The van der Waals surface area contributed by atoms with Crippen molar-refractivity contribution in [3.8, 4) is 0 Å². The molecule has 0 fully saturated rings. The molecular weight excluding hydrogens is 286 g/mol. The molecule has 0 spiro atoms. The van der Waals surface area contributed by atoms with Crippen molar-refractivity contribution >= 4 is 18.0 Å². The third-order valence-corrected chi connectivity index (χ3v) is 2.50. The van der Waals surface area contributed by atoms with Crippen LogP contribution in [0, 0.1) is 0 Å². The van der Waals surface area contributed by atoms with Crippen molar-refractivity contribution < 1.29 is 17.6 Å². The Morgan fingerprint density at radius 2 is 1.95 bits per heavy atom. The van der Waals surface area contributed by atoms with Crippen LogP contribution < -0.4 is 4.90 Å². The van der Waals surface area contributed by atoms with Gasteiger partial charge in [-0.15, -0.1) is 0 Å². The number of halogens is 4. The summed E-state index contributed by atoms with van der Waals surface area (Å²) < 4.78 is 52.2. The number of hydrogen-bond acceptors (Lipinski definition) is 3. The molecule has 0 aromatic carbocycles. The summed E-state index contributed by atoms with van der Waals surface area (Å²) >= 11 is 0. The molecule has 1 aromatic rings. The third kappa shape index (κ3) is 4.40. The van der Waals surface area contributed by atoms with E-state index in [1.165, 1.54) is 38.1 Å². The zero-order valence-electron chi connectivity index (χ0n) is 11.9. The molecule has 0 aliphatic rings. The molecule has 0 N–H and O–H groups in total. The molecule has 0 aliphatic heterocycles. The lowest BCUT2D eigenvalue weighted by molar-refractivity contribution is -0.140. The van der Waals surface area contributed by atoms with Gasteiger partial charge >= 0.3 is 6.18 Å². The highest BCUT2D eigenvalue weighted by atomic mass is 19.4. The van der Waals surface area contributed by atoms with Crippen molar-refractivity contribution in [1.29, 1.82) is 0 Å². The number of rotatable bonds is 4. The van der Waals surface area contributed by atoms with E-state index < -0.39 is 17.7 Å². The lowest BCUT2D eigenvalue weighted by atomic mass is 10.1. The highest BCUT2D eigenvalue weighted by Crippen LogP contribution is 2.35. The van der Waals surface area contributed by atoms with Gasteiger partial charge in [-0.25, -0.2) is 9.37 Å². The molecule has 0 aliphatic carbocycles.